The molecule has 6 nitrogen and oxygen atoms in total. The van der Waals surface area contributed by atoms with Crippen LogP contribution in [0.25, 0.3) is 0 Å². The number of amides is 1. The molecule has 0 saturated carbocycles. The van der Waals surface area contributed by atoms with Gasteiger partial charge in [-0.2, -0.15) is 0 Å². The smallest absolute Gasteiger partial charge is 0.324 e. The summed E-state index contributed by atoms with van der Waals surface area (Å²) in [5.74, 6) is -1.04. The Morgan fingerprint density at radius 1 is 1.48 bits per heavy atom. The molecule has 25 heavy (non-hydrogen) atoms. The molecule has 2 rings (SSSR count). The van der Waals surface area contributed by atoms with Crippen LogP contribution in [0, 0.1) is 11.8 Å². The second-order valence-electron chi connectivity index (χ2n) is 7.44. The molecule has 1 aliphatic heterocycles. The van der Waals surface area contributed by atoms with Crippen molar-refractivity contribution in [2.75, 3.05) is 20.6 Å². The molecule has 1 amide bonds. The summed E-state index contributed by atoms with van der Waals surface area (Å²) in [7, 11) is 3.60. The fraction of sp³-hybridized carbons (Fsp3) is 0.632. The first-order valence-electron chi connectivity index (χ1n) is 8.85. The predicted octanol–water partition coefficient (Wildman–Crippen LogP) is 2.42. The number of carboxylic acids is 1. The molecule has 1 aromatic rings. The minimum atomic E-state index is -1.04. The highest BCUT2D eigenvalue weighted by Gasteiger charge is 2.57. The Morgan fingerprint density at radius 2 is 2.16 bits per heavy atom. The minimum Gasteiger partial charge on any atom is -0.480 e. The van der Waals surface area contributed by atoms with Gasteiger partial charge < -0.3 is 10.0 Å². The lowest BCUT2D eigenvalue weighted by Gasteiger charge is -2.36. The Morgan fingerprint density at radius 3 is 2.64 bits per heavy atom. The van der Waals surface area contributed by atoms with Gasteiger partial charge in [-0.15, -0.1) is 0 Å². The second-order valence-corrected chi connectivity index (χ2v) is 7.44. The van der Waals surface area contributed by atoms with E-state index in [9.17, 15) is 14.7 Å². The molecule has 6 heteroatoms. The number of likely N-dealkylation sites (tertiary alicyclic amines) is 1. The van der Waals surface area contributed by atoms with Crippen LogP contribution < -0.4 is 0 Å². The third-order valence-electron chi connectivity index (χ3n) is 5.37. The molecule has 2 heterocycles. The molecule has 3 atom stereocenters. The number of aliphatic carboxylic acids is 1. The quantitative estimate of drug-likeness (QED) is 0.855. The first-order chi connectivity index (χ1) is 11.7. The lowest BCUT2D eigenvalue weighted by molar-refractivity contribution is -0.151. The maximum absolute atomic E-state index is 13.0. The first-order valence-corrected chi connectivity index (χ1v) is 8.85. The van der Waals surface area contributed by atoms with Crippen molar-refractivity contribution in [1.29, 1.82) is 0 Å². The van der Waals surface area contributed by atoms with Crippen molar-refractivity contribution in [2.24, 2.45) is 11.8 Å². The van der Waals surface area contributed by atoms with E-state index in [1.807, 2.05) is 44.9 Å². The van der Waals surface area contributed by atoms with E-state index in [0.717, 1.165) is 5.56 Å². The van der Waals surface area contributed by atoms with Gasteiger partial charge in [0.25, 0.3) is 0 Å². The van der Waals surface area contributed by atoms with Crippen molar-refractivity contribution < 1.29 is 14.7 Å². The Bertz CT molecular complexity index is 620. The van der Waals surface area contributed by atoms with Gasteiger partial charge in [0, 0.05) is 32.0 Å². The number of hydrogen-bond acceptors (Lipinski definition) is 4. The number of nitrogens with zero attached hydrogens (tertiary/aromatic N) is 3. The van der Waals surface area contributed by atoms with Crippen molar-refractivity contribution in [3.63, 3.8) is 0 Å². The monoisotopic (exact) mass is 347 g/mol. The van der Waals surface area contributed by atoms with Gasteiger partial charge in [-0.25, -0.2) is 0 Å². The lowest BCUT2D eigenvalue weighted by atomic mass is 9.83. The van der Waals surface area contributed by atoms with E-state index in [1.54, 1.807) is 24.3 Å². The molecule has 1 aliphatic rings. The molecule has 0 unspecified atom stereocenters. The molecule has 0 radical (unpaired) electrons. The maximum Gasteiger partial charge on any atom is 0.324 e. The SMILES string of the molecule is CCN(C)C(=O)[C@@H]1C[C@](CC(C)C)(C(=O)O)N(C)[C@@H]1c1cccnc1. The predicted molar refractivity (Wildman–Crippen MR) is 96.0 cm³/mol. The van der Waals surface area contributed by atoms with E-state index in [1.165, 1.54) is 0 Å². The second kappa shape index (κ2) is 7.52. The third kappa shape index (κ3) is 3.54. The van der Waals surface area contributed by atoms with Crippen LogP contribution in [-0.2, 0) is 9.59 Å². The number of rotatable bonds is 6. The molecule has 0 aliphatic carbocycles. The third-order valence-corrected chi connectivity index (χ3v) is 5.37. The number of pyridine rings is 1. The average molecular weight is 347 g/mol. The molecule has 1 saturated heterocycles. The topological polar surface area (TPSA) is 73.7 Å². The van der Waals surface area contributed by atoms with Gasteiger partial charge in [-0.1, -0.05) is 19.9 Å². The van der Waals surface area contributed by atoms with E-state index in [0.29, 0.717) is 19.4 Å². The van der Waals surface area contributed by atoms with Gasteiger partial charge in [-0.05, 0) is 44.4 Å². The van der Waals surface area contributed by atoms with Crippen molar-refractivity contribution in [3.05, 3.63) is 30.1 Å². The summed E-state index contributed by atoms with van der Waals surface area (Å²) in [6.07, 6.45) is 4.25. The molecular formula is C19H29N3O3. The minimum absolute atomic E-state index is 0.00455. The van der Waals surface area contributed by atoms with Crippen LogP contribution in [-0.4, -0.2) is 57.9 Å². The van der Waals surface area contributed by atoms with Crippen molar-refractivity contribution in [1.82, 2.24) is 14.8 Å². The fourth-order valence-corrected chi connectivity index (χ4v) is 4.05. The zero-order chi connectivity index (χ0) is 18.8. The van der Waals surface area contributed by atoms with Crippen LogP contribution in [0.3, 0.4) is 0 Å². The average Bonchev–Trinajstić information content (AvgIpc) is 2.87. The van der Waals surface area contributed by atoms with Gasteiger partial charge in [0.1, 0.15) is 5.54 Å². The highest BCUT2D eigenvalue weighted by Crippen LogP contribution is 2.49. The van der Waals surface area contributed by atoms with Crippen LogP contribution in [0.4, 0.5) is 0 Å². The molecule has 0 bridgehead atoms. The van der Waals surface area contributed by atoms with Crippen LogP contribution in [0.15, 0.2) is 24.5 Å². The van der Waals surface area contributed by atoms with E-state index in [2.05, 4.69) is 4.98 Å². The summed E-state index contributed by atoms with van der Waals surface area (Å²) in [5.41, 5.74) is -0.149. The van der Waals surface area contributed by atoms with Gasteiger partial charge >= 0.3 is 5.97 Å². The highest BCUT2D eigenvalue weighted by molar-refractivity contribution is 5.85. The zero-order valence-corrected chi connectivity index (χ0v) is 15.8. The Balaban J connectivity index is 2.52. The lowest BCUT2D eigenvalue weighted by Crippen LogP contribution is -2.50. The summed E-state index contributed by atoms with van der Waals surface area (Å²) in [4.78, 5) is 33.0. The van der Waals surface area contributed by atoms with Crippen molar-refractivity contribution >= 4 is 11.9 Å². The first kappa shape index (κ1) is 19.4. The van der Waals surface area contributed by atoms with E-state index < -0.39 is 17.4 Å². The summed E-state index contributed by atoms with van der Waals surface area (Å²) in [6.45, 7) is 6.56. The van der Waals surface area contributed by atoms with Crippen LogP contribution >= 0.6 is 0 Å². The van der Waals surface area contributed by atoms with Crippen LogP contribution in [0.5, 0.6) is 0 Å². The molecular weight excluding hydrogens is 318 g/mol. The van der Waals surface area contributed by atoms with E-state index in [4.69, 9.17) is 0 Å². The number of likely N-dealkylation sites (N-methyl/N-ethyl adjacent to an activating group) is 1. The molecule has 0 aromatic carbocycles. The Kier molecular flexibility index (Phi) is 5.83. The standard InChI is InChI=1S/C19H29N3O3/c1-6-21(4)17(23)15-11-19(18(24)25,10-13(2)3)22(5)16(15)14-8-7-9-20-12-14/h7-9,12-13,15-16H,6,10-11H2,1-5H3,(H,24,25)/t15-,16-,19-/m1/s1. The van der Waals surface area contributed by atoms with E-state index >= 15 is 0 Å². The number of aromatic nitrogens is 1. The molecule has 1 fully saturated rings. The maximum atomic E-state index is 13.0. The zero-order valence-electron chi connectivity index (χ0n) is 15.8. The number of carbonyl (C=O) groups is 2. The van der Waals surface area contributed by atoms with Gasteiger partial charge in [-0.3, -0.25) is 19.5 Å². The van der Waals surface area contributed by atoms with Crippen LogP contribution in [0.2, 0.25) is 0 Å². The highest BCUT2D eigenvalue weighted by atomic mass is 16.4. The number of carboxylic acid groups (broad SMARTS) is 1. The summed E-state index contributed by atoms with van der Waals surface area (Å²) < 4.78 is 0. The summed E-state index contributed by atoms with van der Waals surface area (Å²) in [5, 5.41) is 10.1. The van der Waals surface area contributed by atoms with Gasteiger partial charge in [0.2, 0.25) is 5.91 Å². The van der Waals surface area contributed by atoms with Gasteiger partial charge in [0.15, 0.2) is 0 Å². The number of hydrogen-bond donors (Lipinski definition) is 1. The largest absolute Gasteiger partial charge is 0.480 e. The summed E-state index contributed by atoms with van der Waals surface area (Å²) >= 11 is 0. The van der Waals surface area contributed by atoms with E-state index in [-0.39, 0.29) is 17.9 Å². The van der Waals surface area contributed by atoms with Crippen molar-refractivity contribution in [2.45, 2.75) is 45.2 Å². The van der Waals surface area contributed by atoms with Crippen LogP contribution in [0.1, 0.15) is 45.2 Å². The molecule has 138 valence electrons. The molecule has 0 spiro atoms. The molecule has 1 aromatic heterocycles. The van der Waals surface area contributed by atoms with Gasteiger partial charge in [0.05, 0.1) is 5.92 Å². The number of carbonyl (C=O) groups excluding carboxylic acids is 1. The fourth-order valence-electron chi connectivity index (χ4n) is 4.05. The summed E-state index contributed by atoms with van der Waals surface area (Å²) in [6, 6.07) is 3.47. The normalized spacial score (nSPS) is 26.8. The molecule has 1 N–H and O–H groups in total. The van der Waals surface area contributed by atoms with Crippen molar-refractivity contribution in [3.8, 4) is 0 Å². The Labute approximate surface area is 149 Å². The Hall–Kier alpha value is -1.95.